The van der Waals surface area contributed by atoms with E-state index >= 15 is 0 Å². The summed E-state index contributed by atoms with van der Waals surface area (Å²) in [6, 6.07) is 16.3. The van der Waals surface area contributed by atoms with Crippen molar-refractivity contribution in [1.82, 2.24) is 10.3 Å². The van der Waals surface area contributed by atoms with E-state index in [0.717, 1.165) is 22.5 Å². The molecule has 136 valence electrons. The molecule has 0 saturated heterocycles. The SMILES string of the molecule is O=C(NCc1ncc(C(=O)O)s1)OCC1c2ccccc2-c2ccccc21. The Labute approximate surface area is 159 Å². The second-order valence-corrected chi connectivity index (χ2v) is 7.22. The zero-order valence-electron chi connectivity index (χ0n) is 14.2. The van der Waals surface area contributed by atoms with E-state index in [1.807, 2.05) is 24.3 Å². The molecule has 0 aliphatic heterocycles. The molecular weight excluding hydrogens is 364 g/mol. The predicted molar refractivity (Wildman–Crippen MR) is 101 cm³/mol. The molecule has 0 spiro atoms. The summed E-state index contributed by atoms with van der Waals surface area (Å²) < 4.78 is 5.43. The lowest BCUT2D eigenvalue weighted by atomic mass is 9.98. The number of fused-ring (bicyclic) bond motifs is 3. The van der Waals surface area contributed by atoms with Crippen molar-refractivity contribution in [2.75, 3.05) is 6.61 Å². The largest absolute Gasteiger partial charge is 0.477 e. The Morgan fingerprint density at radius 3 is 2.30 bits per heavy atom. The minimum absolute atomic E-state index is 0.00151. The normalized spacial score (nSPS) is 12.3. The highest BCUT2D eigenvalue weighted by molar-refractivity contribution is 7.13. The van der Waals surface area contributed by atoms with Crippen LogP contribution in [0.2, 0.25) is 0 Å². The van der Waals surface area contributed by atoms with E-state index in [0.29, 0.717) is 5.01 Å². The fourth-order valence-electron chi connectivity index (χ4n) is 3.29. The number of rotatable bonds is 5. The molecule has 0 bridgehead atoms. The number of aromatic carboxylic acids is 1. The third-order valence-corrected chi connectivity index (χ3v) is 5.48. The van der Waals surface area contributed by atoms with E-state index in [1.165, 1.54) is 17.3 Å². The molecule has 0 saturated carbocycles. The van der Waals surface area contributed by atoms with Crippen molar-refractivity contribution in [3.8, 4) is 11.1 Å². The highest BCUT2D eigenvalue weighted by Crippen LogP contribution is 2.44. The second kappa shape index (κ2) is 7.20. The molecular formula is C20H16N2O4S. The maximum atomic E-state index is 12.1. The molecule has 27 heavy (non-hydrogen) atoms. The van der Waals surface area contributed by atoms with Crippen molar-refractivity contribution in [3.63, 3.8) is 0 Å². The summed E-state index contributed by atoms with van der Waals surface area (Å²) in [5, 5.41) is 12.0. The monoisotopic (exact) mass is 380 g/mol. The van der Waals surface area contributed by atoms with Crippen LogP contribution in [0.1, 0.15) is 31.7 Å². The van der Waals surface area contributed by atoms with Crippen molar-refractivity contribution < 1.29 is 19.4 Å². The highest BCUT2D eigenvalue weighted by Gasteiger charge is 2.28. The van der Waals surface area contributed by atoms with Crippen molar-refractivity contribution >= 4 is 23.4 Å². The number of aromatic nitrogens is 1. The number of carboxylic acid groups (broad SMARTS) is 1. The summed E-state index contributed by atoms with van der Waals surface area (Å²) in [4.78, 5) is 27.0. The molecule has 1 amide bonds. The highest BCUT2D eigenvalue weighted by atomic mass is 32.1. The molecule has 6 nitrogen and oxygen atoms in total. The summed E-state index contributed by atoms with van der Waals surface area (Å²) >= 11 is 1.03. The number of ether oxygens (including phenoxy) is 1. The van der Waals surface area contributed by atoms with Crippen LogP contribution in [0.4, 0.5) is 4.79 Å². The van der Waals surface area contributed by atoms with Gasteiger partial charge in [-0.1, -0.05) is 48.5 Å². The summed E-state index contributed by atoms with van der Waals surface area (Å²) in [7, 11) is 0. The maximum Gasteiger partial charge on any atom is 0.407 e. The molecule has 1 aliphatic rings. The van der Waals surface area contributed by atoms with Gasteiger partial charge in [-0.25, -0.2) is 14.6 Å². The maximum absolute atomic E-state index is 12.1. The quantitative estimate of drug-likeness (QED) is 0.701. The number of carbonyl (C=O) groups excluding carboxylic acids is 1. The van der Waals surface area contributed by atoms with E-state index in [1.54, 1.807) is 0 Å². The van der Waals surface area contributed by atoms with Crippen LogP contribution in [0.25, 0.3) is 11.1 Å². The Hall–Kier alpha value is -3.19. The van der Waals surface area contributed by atoms with Gasteiger partial charge >= 0.3 is 12.1 Å². The number of nitrogens with one attached hydrogen (secondary N) is 1. The second-order valence-electron chi connectivity index (χ2n) is 6.10. The van der Waals surface area contributed by atoms with E-state index < -0.39 is 12.1 Å². The molecule has 0 radical (unpaired) electrons. The molecule has 0 atom stereocenters. The summed E-state index contributed by atoms with van der Waals surface area (Å²) in [5.41, 5.74) is 4.65. The minimum atomic E-state index is -1.03. The van der Waals surface area contributed by atoms with Crippen LogP contribution >= 0.6 is 11.3 Å². The lowest BCUT2D eigenvalue weighted by Gasteiger charge is -2.14. The number of hydrogen-bond donors (Lipinski definition) is 2. The first kappa shape index (κ1) is 17.2. The summed E-state index contributed by atoms with van der Waals surface area (Å²) in [6.45, 7) is 0.368. The van der Waals surface area contributed by atoms with Crippen LogP contribution in [-0.4, -0.2) is 28.8 Å². The van der Waals surface area contributed by atoms with E-state index in [9.17, 15) is 9.59 Å². The lowest BCUT2D eigenvalue weighted by Crippen LogP contribution is -2.25. The number of hydrogen-bond acceptors (Lipinski definition) is 5. The first-order valence-electron chi connectivity index (χ1n) is 8.40. The average molecular weight is 380 g/mol. The predicted octanol–water partition coefficient (Wildman–Crippen LogP) is 3.88. The number of carbonyl (C=O) groups is 2. The number of carboxylic acids is 1. The fraction of sp³-hybridized carbons (Fsp3) is 0.150. The zero-order chi connectivity index (χ0) is 18.8. The molecule has 7 heteroatoms. The molecule has 1 aromatic heterocycles. The molecule has 2 N–H and O–H groups in total. The molecule has 0 unspecified atom stereocenters. The van der Waals surface area contributed by atoms with Gasteiger partial charge in [-0.05, 0) is 22.3 Å². The van der Waals surface area contributed by atoms with Crippen LogP contribution in [0.5, 0.6) is 0 Å². The molecule has 2 aromatic carbocycles. The van der Waals surface area contributed by atoms with Crippen LogP contribution in [0.15, 0.2) is 54.7 Å². The van der Waals surface area contributed by atoms with Crippen molar-refractivity contribution in [2.24, 2.45) is 0 Å². The Morgan fingerprint density at radius 1 is 1.07 bits per heavy atom. The van der Waals surface area contributed by atoms with Gasteiger partial charge < -0.3 is 15.2 Å². The number of alkyl carbamates (subject to hydrolysis) is 1. The number of thiazole rings is 1. The van der Waals surface area contributed by atoms with Crippen LogP contribution in [-0.2, 0) is 11.3 Å². The van der Waals surface area contributed by atoms with E-state index in [4.69, 9.17) is 9.84 Å². The Kier molecular flexibility index (Phi) is 4.60. The Bertz CT molecular complexity index is 969. The number of amides is 1. The molecule has 0 fully saturated rings. The van der Waals surface area contributed by atoms with Gasteiger partial charge in [0.1, 0.15) is 16.5 Å². The summed E-state index contributed by atoms with van der Waals surface area (Å²) in [5.74, 6) is -1.03. The standard InChI is InChI=1S/C20H16N2O4S/c23-19(24)17-9-21-18(27-17)10-22-20(25)26-11-16-14-7-3-1-5-12(14)13-6-2-4-8-15(13)16/h1-9,16H,10-11H2,(H,22,25)(H,23,24). The Morgan fingerprint density at radius 2 is 1.70 bits per heavy atom. The minimum Gasteiger partial charge on any atom is -0.477 e. The molecule has 3 aromatic rings. The first-order chi connectivity index (χ1) is 13.1. The van der Waals surface area contributed by atoms with Gasteiger partial charge in [0.15, 0.2) is 0 Å². The average Bonchev–Trinajstić information content (AvgIpc) is 3.28. The number of benzene rings is 2. The lowest BCUT2D eigenvalue weighted by molar-refractivity contribution is 0.0702. The van der Waals surface area contributed by atoms with Crippen LogP contribution in [0, 0.1) is 0 Å². The van der Waals surface area contributed by atoms with Crippen LogP contribution in [0.3, 0.4) is 0 Å². The van der Waals surface area contributed by atoms with Gasteiger partial charge in [0, 0.05) is 5.92 Å². The van der Waals surface area contributed by atoms with Crippen molar-refractivity contribution in [1.29, 1.82) is 0 Å². The molecule has 1 heterocycles. The van der Waals surface area contributed by atoms with E-state index in [-0.39, 0.29) is 23.9 Å². The van der Waals surface area contributed by atoms with Crippen molar-refractivity contribution in [3.05, 3.63) is 75.7 Å². The third-order valence-electron chi connectivity index (χ3n) is 4.49. The van der Waals surface area contributed by atoms with Crippen molar-refractivity contribution in [2.45, 2.75) is 12.5 Å². The van der Waals surface area contributed by atoms with Crippen LogP contribution < -0.4 is 5.32 Å². The zero-order valence-corrected chi connectivity index (χ0v) is 15.0. The molecule has 4 rings (SSSR count). The fourth-order valence-corrected chi connectivity index (χ4v) is 3.98. The van der Waals surface area contributed by atoms with Gasteiger partial charge in [0.2, 0.25) is 0 Å². The van der Waals surface area contributed by atoms with Gasteiger partial charge in [0.05, 0.1) is 12.7 Å². The Balaban J connectivity index is 1.39. The topological polar surface area (TPSA) is 88.5 Å². The van der Waals surface area contributed by atoms with Gasteiger partial charge in [-0.15, -0.1) is 11.3 Å². The summed E-state index contributed by atoms with van der Waals surface area (Å²) in [6.07, 6.45) is 0.728. The van der Waals surface area contributed by atoms with Gasteiger partial charge in [-0.3, -0.25) is 0 Å². The van der Waals surface area contributed by atoms with Gasteiger partial charge in [0.25, 0.3) is 0 Å². The number of nitrogens with zero attached hydrogens (tertiary/aromatic N) is 1. The third kappa shape index (κ3) is 3.41. The molecule has 1 aliphatic carbocycles. The van der Waals surface area contributed by atoms with E-state index in [2.05, 4.69) is 34.6 Å². The smallest absolute Gasteiger partial charge is 0.407 e. The van der Waals surface area contributed by atoms with Gasteiger partial charge in [-0.2, -0.15) is 0 Å². The first-order valence-corrected chi connectivity index (χ1v) is 9.22.